The van der Waals surface area contributed by atoms with Crippen LogP contribution in [-0.2, 0) is 28.5 Å². The van der Waals surface area contributed by atoms with Crippen molar-refractivity contribution in [1.29, 1.82) is 0 Å². The minimum Gasteiger partial charge on any atom is -0.471 e. The van der Waals surface area contributed by atoms with Gasteiger partial charge in [-0.1, -0.05) is 0 Å². The lowest BCUT2D eigenvalue weighted by atomic mass is 9.77. The van der Waals surface area contributed by atoms with Crippen molar-refractivity contribution in [3.05, 3.63) is 11.8 Å². The van der Waals surface area contributed by atoms with Gasteiger partial charge in [0.2, 0.25) is 6.29 Å². The standard InChI is InChI=1S/C17H26O11/c1-6-11-7(3-10(19)26-6)8(15(23)24-2)5-25-16(11)28-17-14(22)13(21)12(20)9(4-18)27-17/h5-7,9-14,16-22H,3-4H2,1-2H3/t6?,7?,9-,10-,11?,12-,13+,14-,16?,17+/m1/s1. The van der Waals surface area contributed by atoms with Gasteiger partial charge in [0.25, 0.3) is 0 Å². The number of rotatable bonds is 4. The second-order valence-corrected chi connectivity index (χ2v) is 7.12. The van der Waals surface area contributed by atoms with E-state index in [1.54, 1.807) is 6.92 Å². The van der Waals surface area contributed by atoms with Crippen LogP contribution in [0.5, 0.6) is 0 Å². The summed E-state index contributed by atoms with van der Waals surface area (Å²) in [6.07, 6.45) is -8.71. The molecule has 160 valence electrons. The largest absolute Gasteiger partial charge is 0.471 e. The highest BCUT2D eigenvalue weighted by Crippen LogP contribution is 2.42. The number of hydrogen-bond acceptors (Lipinski definition) is 11. The van der Waals surface area contributed by atoms with Crippen LogP contribution in [0.4, 0.5) is 0 Å². The van der Waals surface area contributed by atoms with Gasteiger partial charge in [0.15, 0.2) is 12.6 Å². The molecule has 3 heterocycles. The summed E-state index contributed by atoms with van der Waals surface area (Å²) in [6.45, 7) is 1.08. The molecule has 0 radical (unpaired) electrons. The van der Waals surface area contributed by atoms with Gasteiger partial charge in [-0.2, -0.15) is 0 Å². The van der Waals surface area contributed by atoms with Crippen molar-refractivity contribution in [2.75, 3.05) is 13.7 Å². The monoisotopic (exact) mass is 406 g/mol. The summed E-state index contributed by atoms with van der Waals surface area (Å²) in [7, 11) is 1.23. The molecule has 0 spiro atoms. The van der Waals surface area contributed by atoms with Crippen LogP contribution in [0.2, 0.25) is 0 Å². The molecule has 2 saturated heterocycles. The van der Waals surface area contributed by atoms with Gasteiger partial charge < -0.3 is 49.2 Å². The molecule has 0 amide bonds. The Morgan fingerprint density at radius 3 is 2.50 bits per heavy atom. The first-order valence-corrected chi connectivity index (χ1v) is 9.01. The number of carbonyl (C=O) groups excluding carboxylic acids is 1. The van der Waals surface area contributed by atoms with Gasteiger partial charge in [-0.05, 0) is 6.92 Å². The summed E-state index contributed by atoms with van der Waals surface area (Å²) in [5.74, 6) is -1.67. The first kappa shape index (κ1) is 21.4. The molecule has 0 saturated carbocycles. The molecular formula is C17H26O11. The van der Waals surface area contributed by atoms with Crippen LogP contribution in [0.25, 0.3) is 0 Å². The molecule has 5 N–H and O–H groups in total. The van der Waals surface area contributed by atoms with Crippen LogP contribution in [0.3, 0.4) is 0 Å². The fraction of sp³-hybridized carbons (Fsp3) is 0.824. The molecule has 10 atom stereocenters. The SMILES string of the molecule is COC(=O)C1=COC(O[C@@H]2O[C@H](CO)[C@@H](O)[C@H](O)[C@H]2O)C2C(C)O[C@@H](O)CC12. The second-order valence-electron chi connectivity index (χ2n) is 7.12. The van der Waals surface area contributed by atoms with Crippen molar-refractivity contribution in [2.24, 2.45) is 11.8 Å². The lowest BCUT2D eigenvalue weighted by Gasteiger charge is -2.47. The Labute approximate surface area is 161 Å². The molecule has 0 bridgehead atoms. The predicted molar refractivity (Wildman–Crippen MR) is 88.0 cm³/mol. The third kappa shape index (κ3) is 3.89. The van der Waals surface area contributed by atoms with Crippen LogP contribution in [0.1, 0.15) is 13.3 Å². The third-order valence-corrected chi connectivity index (χ3v) is 5.41. The molecule has 4 unspecified atom stereocenters. The van der Waals surface area contributed by atoms with E-state index < -0.39 is 73.8 Å². The molecule has 0 aromatic rings. The number of methoxy groups -OCH3 is 1. The van der Waals surface area contributed by atoms with Gasteiger partial charge in [0.05, 0.1) is 37.6 Å². The van der Waals surface area contributed by atoms with Crippen LogP contribution in [-0.4, -0.2) is 94.6 Å². The number of hydrogen-bond donors (Lipinski definition) is 5. The minimum absolute atomic E-state index is 0.105. The number of fused-ring (bicyclic) bond motifs is 1. The number of aliphatic hydroxyl groups is 5. The second kappa shape index (κ2) is 8.59. The molecule has 0 aromatic heterocycles. The van der Waals surface area contributed by atoms with Crippen molar-refractivity contribution in [3.63, 3.8) is 0 Å². The molecule has 3 aliphatic heterocycles. The molecular weight excluding hydrogens is 380 g/mol. The van der Waals surface area contributed by atoms with E-state index in [0.717, 1.165) is 0 Å². The zero-order valence-electron chi connectivity index (χ0n) is 15.5. The molecule has 2 fully saturated rings. The van der Waals surface area contributed by atoms with Gasteiger partial charge in [0, 0.05) is 12.3 Å². The topological polar surface area (TPSA) is 164 Å². The lowest BCUT2D eigenvalue weighted by Crippen LogP contribution is -2.61. The van der Waals surface area contributed by atoms with Gasteiger partial charge in [-0.25, -0.2) is 4.79 Å². The smallest absolute Gasteiger partial charge is 0.337 e. The van der Waals surface area contributed by atoms with Gasteiger partial charge in [-0.15, -0.1) is 0 Å². The summed E-state index contributed by atoms with van der Waals surface area (Å²) in [4.78, 5) is 12.1. The lowest BCUT2D eigenvalue weighted by molar-refractivity contribution is -0.352. The van der Waals surface area contributed by atoms with E-state index in [1.807, 2.05) is 0 Å². The van der Waals surface area contributed by atoms with Crippen LogP contribution < -0.4 is 0 Å². The fourth-order valence-electron chi connectivity index (χ4n) is 3.91. The first-order chi connectivity index (χ1) is 13.3. The average molecular weight is 406 g/mol. The number of aliphatic hydroxyl groups excluding tert-OH is 5. The maximum atomic E-state index is 12.1. The molecule has 0 aliphatic carbocycles. The zero-order chi connectivity index (χ0) is 20.6. The van der Waals surface area contributed by atoms with E-state index in [1.165, 1.54) is 13.4 Å². The molecule has 3 rings (SSSR count). The van der Waals surface area contributed by atoms with Crippen LogP contribution in [0.15, 0.2) is 11.8 Å². The quantitative estimate of drug-likeness (QED) is 0.315. The highest BCUT2D eigenvalue weighted by atomic mass is 16.8. The van der Waals surface area contributed by atoms with Gasteiger partial charge in [0.1, 0.15) is 24.4 Å². The first-order valence-electron chi connectivity index (χ1n) is 9.01. The maximum absolute atomic E-state index is 12.1. The molecule has 11 heteroatoms. The average Bonchev–Trinajstić information content (AvgIpc) is 2.67. The third-order valence-electron chi connectivity index (χ3n) is 5.41. The van der Waals surface area contributed by atoms with E-state index in [2.05, 4.69) is 0 Å². The Kier molecular flexibility index (Phi) is 6.57. The summed E-state index contributed by atoms with van der Waals surface area (Å²) < 4.78 is 26.8. The van der Waals surface area contributed by atoms with E-state index in [9.17, 15) is 30.3 Å². The zero-order valence-corrected chi connectivity index (χ0v) is 15.5. The molecule has 28 heavy (non-hydrogen) atoms. The van der Waals surface area contributed by atoms with E-state index in [0.29, 0.717) is 0 Å². The summed E-state index contributed by atoms with van der Waals surface area (Å²) >= 11 is 0. The van der Waals surface area contributed by atoms with Crippen LogP contribution >= 0.6 is 0 Å². The van der Waals surface area contributed by atoms with Crippen molar-refractivity contribution in [2.45, 2.75) is 62.7 Å². The summed E-state index contributed by atoms with van der Waals surface area (Å²) in [5, 5.41) is 49.2. The Morgan fingerprint density at radius 1 is 1.14 bits per heavy atom. The number of esters is 1. The Balaban J connectivity index is 1.81. The minimum atomic E-state index is -1.60. The highest BCUT2D eigenvalue weighted by Gasteiger charge is 2.51. The van der Waals surface area contributed by atoms with Gasteiger partial charge >= 0.3 is 5.97 Å². The summed E-state index contributed by atoms with van der Waals surface area (Å²) in [6, 6.07) is 0. The fourth-order valence-corrected chi connectivity index (χ4v) is 3.91. The van der Waals surface area contributed by atoms with E-state index in [4.69, 9.17) is 23.7 Å². The maximum Gasteiger partial charge on any atom is 0.337 e. The van der Waals surface area contributed by atoms with Crippen LogP contribution in [0, 0.1) is 11.8 Å². The predicted octanol–water partition coefficient (Wildman–Crippen LogP) is -2.42. The number of carbonyl (C=O) groups is 1. The molecule has 3 aliphatic rings. The Hall–Kier alpha value is -1.31. The highest BCUT2D eigenvalue weighted by molar-refractivity contribution is 5.88. The van der Waals surface area contributed by atoms with E-state index >= 15 is 0 Å². The van der Waals surface area contributed by atoms with Crippen molar-refractivity contribution >= 4 is 5.97 Å². The van der Waals surface area contributed by atoms with Crippen molar-refractivity contribution < 1.29 is 54.0 Å². The van der Waals surface area contributed by atoms with Gasteiger partial charge in [-0.3, -0.25) is 0 Å². The molecule has 0 aromatic carbocycles. The Morgan fingerprint density at radius 2 is 1.86 bits per heavy atom. The Bertz CT molecular complexity index is 594. The molecule has 11 nitrogen and oxygen atoms in total. The van der Waals surface area contributed by atoms with Crippen molar-refractivity contribution in [3.8, 4) is 0 Å². The normalized spacial score (nSPS) is 46.2. The van der Waals surface area contributed by atoms with Crippen molar-refractivity contribution in [1.82, 2.24) is 0 Å². The summed E-state index contributed by atoms with van der Waals surface area (Å²) in [5.41, 5.74) is 0.218. The van der Waals surface area contributed by atoms with E-state index in [-0.39, 0.29) is 12.0 Å². The number of ether oxygens (including phenoxy) is 5.